The van der Waals surface area contributed by atoms with Crippen LogP contribution in [0.15, 0.2) is 40.9 Å². The minimum atomic E-state index is -4.75. The van der Waals surface area contributed by atoms with Gasteiger partial charge in [-0.15, -0.1) is 13.2 Å². The van der Waals surface area contributed by atoms with Gasteiger partial charge in [0.25, 0.3) is 0 Å². The van der Waals surface area contributed by atoms with E-state index in [1.54, 1.807) is 6.07 Å². The van der Waals surface area contributed by atoms with Crippen LogP contribution in [-0.2, 0) is 0 Å². The van der Waals surface area contributed by atoms with Gasteiger partial charge in [0.2, 0.25) is 0 Å². The van der Waals surface area contributed by atoms with Crippen LogP contribution in [0, 0.1) is 0 Å². The molecule has 3 N–H and O–H groups in total. The van der Waals surface area contributed by atoms with Gasteiger partial charge in [-0.2, -0.15) is 0 Å². The highest BCUT2D eigenvalue weighted by Crippen LogP contribution is 2.29. The first-order valence-electron chi connectivity index (χ1n) is 7.04. The van der Waals surface area contributed by atoms with Crippen molar-refractivity contribution >= 4 is 11.6 Å². The molecule has 1 aliphatic rings. The molecule has 22 heavy (non-hydrogen) atoms. The van der Waals surface area contributed by atoms with Crippen LogP contribution in [0.3, 0.4) is 0 Å². The molecule has 0 radical (unpaired) electrons. The van der Waals surface area contributed by atoms with E-state index in [1.165, 1.54) is 30.2 Å². The zero-order chi connectivity index (χ0) is 16.0. The number of aliphatic imine (C=N–C) groups is 1. The summed E-state index contributed by atoms with van der Waals surface area (Å²) in [6.07, 6.45) is 1.64. The van der Waals surface area contributed by atoms with E-state index < -0.39 is 6.36 Å². The maximum absolute atomic E-state index is 12.3. The largest absolute Gasteiger partial charge is 0.573 e. The Balaban J connectivity index is 1.94. The summed E-state index contributed by atoms with van der Waals surface area (Å²) in [7, 11) is 0. The third kappa shape index (κ3) is 5.31. The van der Waals surface area contributed by atoms with Crippen molar-refractivity contribution in [1.82, 2.24) is 0 Å². The first-order valence-corrected chi connectivity index (χ1v) is 7.04. The second-order valence-electron chi connectivity index (χ2n) is 4.94. The van der Waals surface area contributed by atoms with Gasteiger partial charge >= 0.3 is 6.36 Å². The summed E-state index contributed by atoms with van der Waals surface area (Å²) in [5, 5.41) is 2.64. The van der Waals surface area contributed by atoms with E-state index in [0.29, 0.717) is 6.54 Å². The second-order valence-corrected chi connectivity index (χ2v) is 4.94. The normalized spacial score (nSPS) is 15.6. The maximum Gasteiger partial charge on any atom is 0.573 e. The van der Waals surface area contributed by atoms with Gasteiger partial charge in [-0.05, 0) is 37.8 Å². The van der Waals surface area contributed by atoms with Gasteiger partial charge < -0.3 is 15.8 Å². The number of benzene rings is 1. The first kappa shape index (κ1) is 16.2. The average molecular weight is 313 g/mol. The van der Waals surface area contributed by atoms with Crippen LogP contribution in [0.1, 0.15) is 25.7 Å². The van der Waals surface area contributed by atoms with E-state index >= 15 is 0 Å². The Morgan fingerprint density at radius 1 is 1.32 bits per heavy atom. The van der Waals surface area contributed by atoms with Crippen LogP contribution >= 0.6 is 0 Å². The molecule has 0 spiro atoms. The number of para-hydroxylation sites is 2. The molecule has 0 saturated heterocycles. The minimum Gasteiger partial charge on any atom is -0.404 e. The van der Waals surface area contributed by atoms with Crippen LogP contribution < -0.4 is 15.8 Å². The van der Waals surface area contributed by atoms with Crippen LogP contribution in [-0.4, -0.2) is 18.9 Å². The minimum absolute atomic E-state index is 0.0665. The van der Waals surface area contributed by atoms with Crippen molar-refractivity contribution in [2.75, 3.05) is 11.9 Å². The van der Waals surface area contributed by atoms with E-state index in [4.69, 9.17) is 5.73 Å². The smallest absolute Gasteiger partial charge is 0.404 e. The van der Waals surface area contributed by atoms with Gasteiger partial charge in [-0.25, -0.2) is 0 Å². The second kappa shape index (κ2) is 7.20. The molecule has 0 aliphatic heterocycles. The number of guanidine groups is 1. The molecule has 0 unspecified atom stereocenters. The number of rotatable bonds is 5. The van der Waals surface area contributed by atoms with Crippen molar-refractivity contribution in [2.45, 2.75) is 32.0 Å². The van der Waals surface area contributed by atoms with E-state index in [2.05, 4.69) is 21.1 Å². The Labute approximate surface area is 126 Å². The third-order valence-electron chi connectivity index (χ3n) is 3.23. The topological polar surface area (TPSA) is 59.6 Å². The first-order chi connectivity index (χ1) is 10.4. The average Bonchev–Trinajstić information content (AvgIpc) is 2.92. The molecule has 4 nitrogen and oxygen atoms in total. The lowest BCUT2D eigenvalue weighted by molar-refractivity contribution is -0.274. The number of nitrogens with two attached hydrogens (primary N) is 1. The molecule has 0 atom stereocenters. The molecule has 0 heterocycles. The van der Waals surface area contributed by atoms with E-state index in [-0.39, 0.29) is 17.4 Å². The molecular formula is C15H18F3N3O. The SMILES string of the molecule is NC(=NCCC1=CCCC1)Nc1ccccc1OC(F)(F)F. The fraction of sp³-hybridized carbons (Fsp3) is 0.400. The number of hydrogen-bond acceptors (Lipinski definition) is 2. The molecule has 1 aromatic carbocycles. The van der Waals surface area contributed by atoms with Gasteiger partial charge in [0, 0.05) is 6.54 Å². The van der Waals surface area contributed by atoms with Gasteiger partial charge in [-0.3, -0.25) is 4.99 Å². The predicted octanol–water partition coefficient (Wildman–Crippen LogP) is 3.81. The Bertz CT molecular complexity index is 567. The summed E-state index contributed by atoms with van der Waals surface area (Å²) in [6.45, 7) is 0.507. The Morgan fingerprint density at radius 2 is 2.09 bits per heavy atom. The van der Waals surface area contributed by atoms with Gasteiger partial charge in [0.1, 0.15) is 0 Å². The summed E-state index contributed by atoms with van der Waals surface area (Å²) in [5.41, 5.74) is 7.19. The number of hydrogen-bond donors (Lipinski definition) is 2. The van der Waals surface area contributed by atoms with Crippen LogP contribution in [0.2, 0.25) is 0 Å². The van der Waals surface area contributed by atoms with Crippen LogP contribution in [0.5, 0.6) is 5.75 Å². The Hall–Kier alpha value is -2.18. The summed E-state index contributed by atoms with van der Waals surface area (Å²) < 4.78 is 40.9. The lowest BCUT2D eigenvalue weighted by Crippen LogP contribution is -2.24. The van der Waals surface area contributed by atoms with Crippen LogP contribution in [0.25, 0.3) is 0 Å². The standard InChI is InChI=1S/C15H18F3N3O/c16-15(17,18)22-13-8-4-3-7-12(13)21-14(19)20-10-9-11-5-1-2-6-11/h3-5,7-8H,1-2,6,9-10H2,(H3,19,20,21). The van der Waals surface area contributed by atoms with Crippen LogP contribution in [0.4, 0.5) is 18.9 Å². The van der Waals surface area contributed by atoms with Gasteiger partial charge in [-0.1, -0.05) is 23.8 Å². The van der Waals surface area contributed by atoms with E-state index in [1.807, 2.05) is 0 Å². The molecular weight excluding hydrogens is 295 g/mol. The number of alkyl halides is 3. The lowest BCUT2D eigenvalue weighted by Gasteiger charge is -2.14. The molecule has 1 aliphatic carbocycles. The number of nitrogens with one attached hydrogen (secondary N) is 1. The highest BCUT2D eigenvalue weighted by atomic mass is 19.4. The lowest BCUT2D eigenvalue weighted by atomic mass is 10.2. The number of nitrogens with zero attached hydrogens (tertiary/aromatic N) is 1. The van der Waals surface area contributed by atoms with Crippen molar-refractivity contribution in [2.24, 2.45) is 10.7 Å². The Kier molecular flexibility index (Phi) is 5.30. The molecule has 2 rings (SSSR count). The quantitative estimate of drug-likeness (QED) is 0.494. The zero-order valence-corrected chi connectivity index (χ0v) is 12.0. The summed E-state index contributed by atoms with van der Waals surface area (Å²) in [6, 6.07) is 5.70. The molecule has 120 valence electrons. The summed E-state index contributed by atoms with van der Waals surface area (Å²) in [4.78, 5) is 4.13. The number of allylic oxidation sites excluding steroid dienone is 1. The fourth-order valence-corrected chi connectivity index (χ4v) is 2.25. The molecule has 7 heteroatoms. The maximum atomic E-state index is 12.3. The highest BCUT2D eigenvalue weighted by Gasteiger charge is 2.32. The highest BCUT2D eigenvalue weighted by molar-refractivity contribution is 5.93. The number of anilines is 1. The number of halogens is 3. The fourth-order valence-electron chi connectivity index (χ4n) is 2.25. The van der Waals surface area contributed by atoms with E-state index in [0.717, 1.165) is 19.3 Å². The Morgan fingerprint density at radius 3 is 2.77 bits per heavy atom. The van der Waals surface area contributed by atoms with E-state index in [9.17, 15) is 13.2 Å². The number of ether oxygens (including phenoxy) is 1. The van der Waals surface area contributed by atoms with Crippen molar-refractivity contribution in [3.63, 3.8) is 0 Å². The summed E-state index contributed by atoms with van der Waals surface area (Å²) in [5.74, 6) is -0.275. The zero-order valence-electron chi connectivity index (χ0n) is 12.0. The molecule has 0 amide bonds. The van der Waals surface area contributed by atoms with Gasteiger partial charge in [0.05, 0.1) is 5.69 Å². The van der Waals surface area contributed by atoms with Gasteiger partial charge in [0.15, 0.2) is 11.7 Å². The monoisotopic (exact) mass is 313 g/mol. The molecule has 0 aromatic heterocycles. The van der Waals surface area contributed by atoms with Crippen molar-refractivity contribution < 1.29 is 17.9 Å². The molecule has 0 fully saturated rings. The summed E-state index contributed by atoms with van der Waals surface area (Å²) >= 11 is 0. The third-order valence-corrected chi connectivity index (χ3v) is 3.23. The molecule has 0 saturated carbocycles. The van der Waals surface area contributed by atoms with Crippen molar-refractivity contribution in [3.8, 4) is 5.75 Å². The molecule has 1 aromatic rings. The van der Waals surface area contributed by atoms with Crippen molar-refractivity contribution in [1.29, 1.82) is 0 Å². The predicted molar refractivity (Wildman–Crippen MR) is 79.8 cm³/mol. The van der Waals surface area contributed by atoms with Crippen molar-refractivity contribution in [3.05, 3.63) is 35.9 Å². The molecule has 0 bridgehead atoms.